The molecule has 0 amide bonds. The standard InChI is InChI=1S/C16H28FN3/c1-13(2)12-20(8-7-19(3)4)16-10-14(5-6-18)9-15(17)11-16/h9-11,13H,5-8,12,18H2,1-4H3. The van der Waals surface area contributed by atoms with Crippen LogP contribution >= 0.6 is 0 Å². The fourth-order valence-corrected chi connectivity index (χ4v) is 2.21. The molecule has 3 nitrogen and oxygen atoms in total. The number of nitrogens with zero attached hydrogens (tertiary/aromatic N) is 2. The molecule has 0 saturated carbocycles. The molecule has 0 atom stereocenters. The van der Waals surface area contributed by atoms with Gasteiger partial charge in [-0.2, -0.15) is 0 Å². The van der Waals surface area contributed by atoms with Gasteiger partial charge in [0.05, 0.1) is 0 Å². The molecule has 0 fully saturated rings. The van der Waals surface area contributed by atoms with E-state index in [0.717, 1.165) is 30.9 Å². The molecule has 0 radical (unpaired) electrons. The molecule has 0 aliphatic carbocycles. The topological polar surface area (TPSA) is 32.5 Å². The SMILES string of the molecule is CC(C)CN(CCN(C)C)c1cc(F)cc(CCN)c1. The Morgan fingerprint density at radius 3 is 2.40 bits per heavy atom. The third-order valence-electron chi connectivity index (χ3n) is 3.14. The molecule has 4 heteroatoms. The molecule has 0 aliphatic rings. The maximum atomic E-state index is 13.8. The molecule has 1 aromatic carbocycles. The maximum Gasteiger partial charge on any atom is 0.125 e. The van der Waals surface area contributed by atoms with E-state index >= 15 is 0 Å². The van der Waals surface area contributed by atoms with Gasteiger partial charge < -0.3 is 15.5 Å². The van der Waals surface area contributed by atoms with E-state index in [0.29, 0.717) is 18.9 Å². The van der Waals surface area contributed by atoms with Crippen molar-refractivity contribution in [1.29, 1.82) is 0 Å². The summed E-state index contributed by atoms with van der Waals surface area (Å²) in [7, 11) is 4.11. The molecule has 0 aliphatic heterocycles. The number of hydrogen-bond acceptors (Lipinski definition) is 3. The Morgan fingerprint density at radius 1 is 1.15 bits per heavy atom. The summed E-state index contributed by atoms with van der Waals surface area (Å²) in [6, 6.07) is 5.27. The molecule has 0 aromatic heterocycles. The minimum absolute atomic E-state index is 0.176. The molecular formula is C16H28FN3. The van der Waals surface area contributed by atoms with Crippen molar-refractivity contribution in [2.45, 2.75) is 20.3 Å². The van der Waals surface area contributed by atoms with Crippen molar-refractivity contribution in [3.8, 4) is 0 Å². The molecule has 114 valence electrons. The van der Waals surface area contributed by atoms with Crippen molar-refractivity contribution in [2.75, 3.05) is 45.2 Å². The van der Waals surface area contributed by atoms with Crippen molar-refractivity contribution in [3.63, 3.8) is 0 Å². The van der Waals surface area contributed by atoms with Crippen LogP contribution in [0, 0.1) is 11.7 Å². The monoisotopic (exact) mass is 281 g/mol. The van der Waals surface area contributed by atoms with Crippen molar-refractivity contribution in [2.24, 2.45) is 11.7 Å². The van der Waals surface area contributed by atoms with Gasteiger partial charge in [-0.1, -0.05) is 13.8 Å². The zero-order valence-corrected chi connectivity index (χ0v) is 13.2. The van der Waals surface area contributed by atoms with Crippen LogP contribution in [0.4, 0.5) is 10.1 Å². The number of nitrogens with two attached hydrogens (primary N) is 1. The largest absolute Gasteiger partial charge is 0.370 e. The van der Waals surface area contributed by atoms with Crippen LogP contribution in [0.15, 0.2) is 18.2 Å². The van der Waals surface area contributed by atoms with Gasteiger partial charge in [0, 0.05) is 25.3 Å². The van der Waals surface area contributed by atoms with Crippen LogP contribution in [0.1, 0.15) is 19.4 Å². The van der Waals surface area contributed by atoms with Crippen LogP contribution in [0.3, 0.4) is 0 Å². The highest BCUT2D eigenvalue weighted by Crippen LogP contribution is 2.20. The summed E-state index contributed by atoms with van der Waals surface area (Å²) in [4.78, 5) is 4.40. The number of rotatable bonds is 8. The van der Waals surface area contributed by atoms with Crippen molar-refractivity contribution >= 4 is 5.69 Å². The Bertz CT molecular complexity index is 405. The molecule has 0 bridgehead atoms. The van der Waals surface area contributed by atoms with Gasteiger partial charge in [-0.15, -0.1) is 0 Å². The lowest BCUT2D eigenvalue weighted by atomic mass is 10.1. The second kappa shape index (κ2) is 8.22. The molecule has 20 heavy (non-hydrogen) atoms. The van der Waals surface area contributed by atoms with Crippen LogP contribution in [-0.2, 0) is 6.42 Å². The first-order valence-corrected chi connectivity index (χ1v) is 7.31. The number of hydrogen-bond donors (Lipinski definition) is 1. The predicted octanol–water partition coefficient (Wildman–Crippen LogP) is 2.35. The Balaban J connectivity index is 2.92. The molecule has 1 rings (SSSR count). The van der Waals surface area contributed by atoms with Gasteiger partial charge in [-0.3, -0.25) is 0 Å². The van der Waals surface area contributed by atoms with E-state index in [1.807, 2.05) is 0 Å². The van der Waals surface area contributed by atoms with E-state index in [1.165, 1.54) is 0 Å². The van der Waals surface area contributed by atoms with E-state index in [4.69, 9.17) is 5.73 Å². The highest BCUT2D eigenvalue weighted by atomic mass is 19.1. The highest BCUT2D eigenvalue weighted by Gasteiger charge is 2.11. The quantitative estimate of drug-likeness (QED) is 0.794. The molecule has 2 N–H and O–H groups in total. The zero-order chi connectivity index (χ0) is 15.1. The molecular weight excluding hydrogens is 253 g/mol. The third-order valence-corrected chi connectivity index (χ3v) is 3.14. The number of anilines is 1. The van der Waals surface area contributed by atoms with E-state index in [-0.39, 0.29) is 5.82 Å². The summed E-state index contributed by atoms with van der Waals surface area (Å²) in [6.07, 6.45) is 0.716. The van der Waals surface area contributed by atoms with Gasteiger partial charge in [0.2, 0.25) is 0 Å². The van der Waals surface area contributed by atoms with Crippen LogP contribution in [0.2, 0.25) is 0 Å². The van der Waals surface area contributed by atoms with Crippen molar-refractivity contribution in [3.05, 3.63) is 29.6 Å². The molecule has 0 saturated heterocycles. The normalized spacial score (nSPS) is 11.4. The average Bonchev–Trinajstić information content (AvgIpc) is 2.33. The van der Waals surface area contributed by atoms with Crippen LogP contribution in [-0.4, -0.2) is 45.2 Å². The number of likely N-dealkylation sites (N-methyl/N-ethyl adjacent to an activating group) is 1. The predicted molar refractivity (Wildman–Crippen MR) is 84.8 cm³/mol. The van der Waals surface area contributed by atoms with E-state index in [2.05, 4.69) is 43.8 Å². The Morgan fingerprint density at radius 2 is 1.85 bits per heavy atom. The summed E-state index contributed by atoms with van der Waals surface area (Å²) < 4.78 is 13.8. The molecule has 1 aromatic rings. The van der Waals surface area contributed by atoms with E-state index in [1.54, 1.807) is 12.1 Å². The Labute approximate surface area is 122 Å². The fraction of sp³-hybridized carbons (Fsp3) is 0.625. The number of benzene rings is 1. The van der Waals surface area contributed by atoms with E-state index < -0.39 is 0 Å². The first kappa shape index (κ1) is 16.9. The van der Waals surface area contributed by atoms with Crippen LogP contribution in [0.25, 0.3) is 0 Å². The van der Waals surface area contributed by atoms with E-state index in [9.17, 15) is 4.39 Å². The second-order valence-electron chi connectivity index (χ2n) is 6.00. The van der Waals surface area contributed by atoms with Gasteiger partial charge in [0.1, 0.15) is 5.82 Å². The minimum Gasteiger partial charge on any atom is -0.370 e. The lowest BCUT2D eigenvalue weighted by Crippen LogP contribution is -2.34. The van der Waals surface area contributed by atoms with Crippen LogP contribution < -0.4 is 10.6 Å². The van der Waals surface area contributed by atoms with Crippen molar-refractivity contribution in [1.82, 2.24) is 4.90 Å². The highest BCUT2D eigenvalue weighted by molar-refractivity contribution is 5.49. The lowest BCUT2D eigenvalue weighted by molar-refractivity contribution is 0.409. The third kappa shape index (κ3) is 5.88. The van der Waals surface area contributed by atoms with Gasteiger partial charge in [0.15, 0.2) is 0 Å². The molecule has 0 heterocycles. The summed E-state index contributed by atoms with van der Waals surface area (Å²) in [6.45, 7) is 7.70. The van der Waals surface area contributed by atoms with Crippen LogP contribution in [0.5, 0.6) is 0 Å². The average molecular weight is 281 g/mol. The maximum absolute atomic E-state index is 13.8. The summed E-state index contributed by atoms with van der Waals surface area (Å²) in [5.41, 5.74) is 7.51. The number of halogens is 1. The fourth-order valence-electron chi connectivity index (χ4n) is 2.21. The van der Waals surface area contributed by atoms with Gasteiger partial charge >= 0.3 is 0 Å². The van der Waals surface area contributed by atoms with Crippen molar-refractivity contribution < 1.29 is 4.39 Å². The smallest absolute Gasteiger partial charge is 0.125 e. The van der Waals surface area contributed by atoms with Gasteiger partial charge in [0.25, 0.3) is 0 Å². The molecule has 0 spiro atoms. The summed E-state index contributed by atoms with van der Waals surface area (Å²) >= 11 is 0. The summed E-state index contributed by atoms with van der Waals surface area (Å²) in [5, 5.41) is 0. The first-order valence-electron chi connectivity index (χ1n) is 7.31. The summed E-state index contributed by atoms with van der Waals surface area (Å²) in [5.74, 6) is 0.364. The zero-order valence-electron chi connectivity index (χ0n) is 13.2. The Kier molecular flexibility index (Phi) is 6.96. The molecule has 0 unspecified atom stereocenters. The minimum atomic E-state index is -0.176. The lowest BCUT2D eigenvalue weighted by Gasteiger charge is -2.28. The Hall–Kier alpha value is -1.13. The van der Waals surface area contributed by atoms with Gasteiger partial charge in [-0.05, 0) is 56.7 Å². The second-order valence-corrected chi connectivity index (χ2v) is 6.00. The van der Waals surface area contributed by atoms with Gasteiger partial charge in [-0.25, -0.2) is 4.39 Å². The first-order chi connectivity index (χ1) is 9.42.